The topological polar surface area (TPSA) is 114 Å². The SMILES string of the molecule is CCCCN(CC(CNC(=O)[C@@H]1CCCN1C(=O)OCC1c2ccccc2-c2ccccc21)C(=O)OC(C)(C)C)C(=O)OC(C)(C)C. The first kappa shape index (κ1) is 35.8. The second-order valence-electron chi connectivity index (χ2n) is 14.4. The van der Waals surface area contributed by atoms with E-state index in [-0.39, 0.29) is 31.5 Å². The average molecular weight is 650 g/mol. The number of amides is 3. The molecule has 1 fully saturated rings. The van der Waals surface area contributed by atoms with Crippen LogP contribution in [0, 0.1) is 5.92 Å². The molecular formula is C37H51N3O7. The number of rotatable bonds is 11. The van der Waals surface area contributed by atoms with Gasteiger partial charge >= 0.3 is 18.2 Å². The molecule has 1 unspecified atom stereocenters. The Bertz CT molecular complexity index is 1380. The lowest BCUT2D eigenvalue weighted by atomic mass is 9.98. The van der Waals surface area contributed by atoms with Crippen LogP contribution in [0.2, 0.25) is 0 Å². The van der Waals surface area contributed by atoms with Gasteiger partial charge < -0.3 is 24.4 Å². The van der Waals surface area contributed by atoms with Crippen LogP contribution in [-0.4, -0.2) is 83.9 Å². The number of carbonyl (C=O) groups excluding carboxylic acids is 4. The molecule has 1 N–H and O–H groups in total. The van der Waals surface area contributed by atoms with E-state index in [0.717, 1.165) is 35.1 Å². The minimum absolute atomic E-state index is 0.0187. The zero-order valence-electron chi connectivity index (χ0n) is 29.0. The zero-order chi connectivity index (χ0) is 34.4. The van der Waals surface area contributed by atoms with E-state index in [1.165, 1.54) is 9.80 Å². The molecule has 10 heteroatoms. The van der Waals surface area contributed by atoms with E-state index in [0.29, 0.717) is 25.9 Å². The molecule has 0 bridgehead atoms. The minimum Gasteiger partial charge on any atom is -0.460 e. The molecule has 0 aromatic heterocycles. The van der Waals surface area contributed by atoms with Gasteiger partial charge in [0.15, 0.2) is 0 Å². The van der Waals surface area contributed by atoms with Crippen molar-refractivity contribution in [2.45, 2.75) is 97.3 Å². The first-order chi connectivity index (χ1) is 22.2. The third-order valence-electron chi connectivity index (χ3n) is 8.26. The van der Waals surface area contributed by atoms with Gasteiger partial charge in [-0.15, -0.1) is 0 Å². The highest BCUT2D eigenvalue weighted by atomic mass is 16.6. The van der Waals surface area contributed by atoms with Gasteiger partial charge in [0.2, 0.25) is 5.91 Å². The molecule has 2 aromatic rings. The van der Waals surface area contributed by atoms with Crippen molar-refractivity contribution >= 4 is 24.1 Å². The fourth-order valence-electron chi connectivity index (χ4n) is 6.08. The van der Waals surface area contributed by atoms with Crippen LogP contribution in [0.1, 0.15) is 91.2 Å². The summed E-state index contributed by atoms with van der Waals surface area (Å²) in [5.41, 5.74) is 3.05. The molecule has 0 radical (unpaired) electrons. The molecule has 1 saturated heterocycles. The monoisotopic (exact) mass is 649 g/mol. The van der Waals surface area contributed by atoms with Gasteiger partial charge in [-0.2, -0.15) is 0 Å². The van der Waals surface area contributed by atoms with Crippen LogP contribution in [0.15, 0.2) is 48.5 Å². The molecule has 2 aliphatic rings. The number of benzene rings is 2. The zero-order valence-corrected chi connectivity index (χ0v) is 29.0. The summed E-state index contributed by atoms with van der Waals surface area (Å²) >= 11 is 0. The van der Waals surface area contributed by atoms with E-state index in [1.807, 2.05) is 31.2 Å². The van der Waals surface area contributed by atoms with Crippen molar-refractivity contribution in [3.05, 3.63) is 59.7 Å². The summed E-state index contributed by atoms with van der Waals surface area (Å²) in [5, 5.41) is 2.88. The van der Waals surface area contributed by atoms with Crippen LogP contribution in [0.5, 0.6) is 0 Å². The Balaban J connectivity index is 1.41. The highest BCUT2D eigenvalue weighted by Gasteiger charge is 2.38. The fourth-order valence-corrected chi connectivity index (χ4v) is 6.08. The second-order valence-corrected chi connectivity index (χ2v) is 14.4. The lowest BCUT2D eigenvalue weighted by Crippen LogP contribution is -2.50. The predicted octanol–water partition coefficient (Wildman–Crippen LogP) is 6.51. The molecule has 4 rings (SSSR count). The Morgan fingerprint density at radius 3 is 2.09 bits per heavy atom. The summed E-state index contributed by atoms with van der Waals surface area (Å²) in [4.78, 5) is 56.3. The molecule has 0 spiro atoms. The van der Waals surface area contributed by atoms with E-state index in [9.17, 15) is 19.2 Å². The van der Waals surface area contributed by atoms with Crippen LogP contribution in [0.4, 0.5) is 9.59 Å². The minimum atomic E-state index is -0.841. The van der Waals surface area contributed by atoms with Crippen molar-refractivity contribution in [2.24, 2.45) is 5.92 Å². The van der Waals surface area contributed by atoms with Crippen molar-refractivity contribution in [3.8, 4) is 11.1 Å². The number of unbranched alkanes of at least 4 members (excludes halogenated alkanes) is 1. The van der Waals surface area contributed by atoms with E-state index in [2.05, 4.69) is 29.6 Å². The van der Waals surface area contributed by atoms with Crippen LogP contribution in [0.25, 0.3) is 11.1 Å². The molecule has 47 heavy (non-hydrogen) atoms. The van der Waals surface area contributed by atoms with Crippen molar-refractivity contribution in [3.63, 3.8) is 0 Å². The largest absolute Gasteiger partial charge is 0.460 e. The van der Waals surface area contributed by atoms with E-state index < -0.39 is 41.3 Å². The number of hydrogen-bond donors (Lipinski definition) is 1. The summed E-state index contributed by atoms with van der Waals surface area (Å²) in [5.74, 6) is -1.83. The van der Waals surface area contributed by atoms with Crippen molar-refractivity contribution in [2.75, 3.05) is 32.8 Å². The summed E-state index contributed by atoms with van der Waals surface area (Å²) in [6.45, 7) is 13.6. The van der Waals surface area contributed by atoms with E-state index in [1.54, 1.807) is 41.5 Å². The summed E-state index contributed by atoms with van der Waals surface area (Å²) in [6, 6.07) is 15.5. The van der Waals surface area contributed by atoms with Crippen LogP contribution >= 0.6 is 0 Å². The highest BCUT2D eigenvalue weighted by molar-refractivity contribution is 5.87. The van der Waals surface area contributed by atoms with Crippen molar-refractivity contribution in [1.82, 2.24) is 15.1 Å². The molecule has 1 aliphatic carbocycles. The van der Waals surface area contributed by atoms with Gasteiger partial charge in [-0.1, -0.05) is 61.9 Å². The van der Waals surface area contributed by atoms with Crippen LogP contribution < -0.4 is 5.32 Å². The number of nitrogens with zero attached hydrogens (tertiary/aromatic N) is 2. The van der Waals surface area contributed by atoms with Gasteiger partial charge in [-0.3, -0.25) is 14.5 Å². The third kappa shape index (κ3) is 9.49. The molecular weight excluding hydrogens is 598 g/mol. The standard InChI is InChI=1S/C37H51N3O7/c1-8-9-20-39(34(43)47-37(5,6)7)23-25(33(42)46-36(2,3)4)22-38-32(41)31-19-14-21-40(31)35(44)45-24-30-28-17-12-10-15-26(28)27-16-11-13-18-29(27)30/h10-13,15-18,25,30-31H,8-9,14,19-24H2,1-7H3,(H,38,41)/t25?,31-/m0/s1. The average Bonchev–Trinajstić information content (AvgIpc) is 3.61. The Morgan fingerprint density at radius 2 is 1.51 bits per heavy atom. The van der Waals surface area contributed by atoms with Gasteiger partial charge in [0.1, 0.15) is 23.9 Å². The van der Waals surface area contributed by atoms with Crippen molar-refractivity contribution in [1.29, 1.82) is 0 Å². The molecule has 3 amide bonds. The Morgan fingerprint density at radius 1 is 0.915 bits per heavy atom. The Labute approximate surface area is 279 Å². The Kier molecular flexibility index (Phi) is 11.6. The summed E-state index contributed by atoms with van der Waals surface area (Å²) in [7, 11) is 0. The van der Waals surface area contributed by atoms with Crippen LogP contribution in [0.3, 0.4) is 0 Å². The molecule has 256 valence electrons. The van der Waals surface area contributed by atoms with Crippen molar-refractivity contribution < 1.29 is 33.4 Å². The van der Waals surface area contributed by atoms with E-state index >= 15 is 0 Å². The second kappa shape index (κ2) is 15.2. The first-order valence-electron chi connectivity index (χ1n) is 16.8. The lowest BCUT2D eigenvalue weighted by molar-refractivity contribution is -0.160. The molecule has 1 heterocycles. The molecule has 10 nitrogen and oxygen atoms in total. The first-order valence-corrected chi connectivity index (χ1v) is 16.8. The Hall–Kier alpha value is -4.08. The number of ether oxygens (including phenoxy) is 3. The number of nitrogens with one attached hydrogen (secondary N) is 1. The third-order valence-corrected chi connectivity index (χ3v) is 8.26. The van der Waals surface area contributed by atoms with Gasteiger partial charge in [-0.05, 0) is 83.1 Å². The van der Waals surface area contributed by atoms with Gasteiger partial charge in [-0.25, -0.2) is 9.59 Å². The van der Waals surface area contributed by atoms with Gasteiger partial charge in [0.05, 0.1) is 5.92 Å². The normalized spacial score (nSPS) is 16.6. The van der Waals surface area contributed by atoms with Crippen LogP contribution in [-0.2, 0) is 23.8 Å². The number of hydrogen-bond acceptors (Lipinski definition) is 7. The van der Waals surface area contributed by atoms with Gasteiger partial charge in [0, 0.05) is 32.1 Å². The number of esters is 1. The highest BCUT2D eigenvalue weighted by Crippen LogP contribution is 2.44. The predicted molar refractivity (Wildman–Crippen MR) is 180 cm³/mol. The lowest BCUT2D eigenvalue weighted by Gasteiger charge is -2.31. The number of fused-ring (bicyclic) bond motifs is 3. The molecule has 1 aliphatic heterocycles. The maximum atomic E-state index is 13.5. The fraction of sp³-hybridized carbons (Fsp3) is 0.568. The van der Waals surface area contributed by atoms with Gasteiger partial charge in [0.25, 0.3) is 0 Å². The smallest absolute Gasteiger partial charge is 0.410 e. The number of likely N-dealkylation sites (tertiary alicyclic amines) is 1. The molecule has 0 saturated carbocycles. The molecule has 2 aromatic carbocycles. The maximum absolute atomic E-state index is 13.5. The quantitative estimate of drug-likeness (QED) is 0.218. The maximum Gasteiger partial charge on any atom is 0.410 e. The summed E-state index contributed by atoms with van der Waals surface area (Å²) in [6.07, 6.45) is 1.64. The number of carbonyl (C=O) groups is 4. The molecule has 2 atom stereocenters. The summed E-state index contributed by atoms with van der Waals surface area (Å²) < 4.78 is 17.1. The van der Waals surface area contributed by atoms with E-state index in [4.69, 9.17) is 14.2 Å².